The van der Waals surface area contributed by atoms with Crippen LogP contribution in [0, 0.1) is 0 Å². The van der Waals surface area contributed by atoms with Gasteiger partial charge in [0.2, 0.25) is 0 Å². The Morgan fingerprint density at radius 1 is 1.26 bits per heavy atom. The highest BCUT2D eigenvalue weighted by atomic mass is 19.3. The number of rotatable bonds is 4. The smallest absolute Gasteiger partial charge is 0.387 e. The third kappa shape index (κ3) is 3.28. The van der Waals surface area contributed by atoms with Crippen molar-refractivity contribution in [3.8, 4) is 11.5 Å². The van der Waals surface area contributed by atoms with Crippen molar-refractivity contribution >= 4 is 11.5 Å². The Balaban J connectivity index is 1.76. The molecule has 0 atom stereocenters. The number of ketones is 1. The zero-order chi connectivity index (χ0) is 16.4. The molecule has 2 aliphatic rings. The van der Waals surface area contributed by atoms with Crippen LogP contribution in [0.2, 0.25) is 0 Å². The molecule has 1 aliphatic carbocycles. The highest BCUT2D eigenvalue weighted by Gasteiger charge is 2.42. The molecule has 3 rings (SSSR count). The van der Waals surface area contributed by atoms with E-state index in [0.29, 0.717) is 32.1 Å². The maximum Gasteiger partial charge on any atom is 0.387 e. The highest BCUT2D eigenvalue weighted by Crippen LogP contribution is 2.39. The van der Waals surface area contributed by atoms with E-state index in [4.69, 9.17) is 9.57 Å². The first-order chi connectivity index (χ1) is 11.0. The van der Waals surface area contributed by atoms with Crippen molar-refractivity contribution in [3.63, 3.8) is 0 Å². The maximum absolute atomic E-state index is 12.4. The first kappa shape index (κ1) is 15.7. The van der Waals surface area contributed by atoms with Crippen LogP contribution in [0.1, 0.15) is 37.7 Å². The van der Waals surface area contributed by atoms with E-state index in [1.165, 1.54) is 13.2 Å². The molecule has 1 fully saturated rings. The van der Waals surface area contributed by atoms with Crippen LogP contribution in [0.5, 0.6) is 11.5 Å². The molecular formula is C16H17F2NO4. The van der Waals surface area contributed by atoms with Gasteiger partial charge in [0, 0.05) is 24.8 Å². The van der Waals surface area contributed by atoms with Crippen molar-refractivity contribution in [1.82, 2.24) is 0 Å². The average Bonchev–Trinajstić information content (AvgIpc) is 2.94. The number of alkyl halides is 2. The van der Waals surface area contributed by atoms with Gasteiger partial charge in [-0.1, -0.05) is 5.16 Å². The fourth-order valence-corrected chi connectivity index (χ4v) is 2.97. The molecule has 0 N–H and O–H groups in total. The normalized spacial score (nSPS) is 19.7. The van der Waals surface area contributed by atoms with E-state index in [1.54, 1.807) is 12.1 Å². The van der Waals surface area contributed by atoms with Gasteiger partial charge in [-0.25, -0.2) is 0 Å². The second kappa shape index (κ2) is 6.14. The largest absolute Gasteiger partial charge is 0.493 e. The van der Waals surface area contributed by atoms with Crippen molar-refractivity contribution in [2.45, 2.75) is 44.3 Å². The first-order valence-corrected chi connectivity index (χ1v) is 7.41. The van der Waals surface area contributed by atoms with Gasteiger partial charge in [0.15, 0.2) is 11.5 Å². The summed E-state index contributed by atoms with van der Waals surface area (Å²) >= 11 is 0. The van der Waals surface area contributed by atoms with E-state index in [0.717, 1.165) is 11.3 Å². The minimum Gasteiger partial charge on any atom is -0.493 e. The number of methoxy groups -OCH3 is 1. The third-order valence-corrected chi connectivity index (χ3v) is 4.27. The number of Topliss-reactive ketones (excluding diaryl/α,β-unsaturated/α-hetero) is 1. The molecule has 1 aliphatic heterocycles. The van der Waals surface area contributed by atoms with Crippen molar-refractivity contribution in [3.05, 3.63) is 23.8 Å². The number of carbonyl (C=O) groups excluding carboxylic acids is 1. The maximum atomic E-state index is 12.4. The number of carbonyl (C=O) groups is 1. The van der Waals surface area contributed by atoms with Gasteiger partial charge in [-0.2, -0.15) is 8.78 Å². The van der Waals surface area contributed by atoms with Gasteiger partial charge in [0.1, 0.15) is 11.4 Å². The molecule has 1 saturated carbocycles. The molecule has 1 aromatic carbocycles. The Hall–Kier alpha value is -2.18. The summed E-state index contributed by atoms with van der Waals surface area (Å²) in [6.07, 6.45) is 2.92. The zero-order valence-electron chi connectivity index (χ0n) is 12.7. The number of ether oxygens (including phenoxy) is 2. The van der Waals surface area contributed by atoms with Crippen LogP contribution in [0.25, 0.3) is 0 Å². The number of nitrogens with zero attached hydrogens (tertiary/aromatic N) is 1. The summed E-state index contributed by atoms with van der Waals surface area (Å²) in [5, 5.41) is 4.13. The Labute approximate surface area is 132 Å². The van der Waals surface area contributed by atoms with Crippen molar-refractivity contribution < 1.29 is 27.9 Å². The van der Waals surface area contributed by atoms with Crippen LogP contribution in [0.15, 0.2) is 23.4 Å². The van der Waals surface area contributed by atoms with Crippen LogP contribution in [-0.4, -0.2) is 30.8 Å². The number of oxime groups is 1. The molecule has 0 aromatic heterocycles. The standard InChI is InChI=1S/C16H17F2NO4/c1-21-14-8-10(2-3-13(14)22-15(17)18)12-9-16(23-19-12)6-4-11(20)5-7-16/h2-3,8,15H,4-7,9H2,1H3. The monoisotopic (exact) mass is 325 g/mol. The Morgan fingerprint density at radius 3 is 2.65 bits per heavy atom. The molecule has 0 amide bonds. The SMILES string of the molecule is COc1cc(C2=NOC3(CCC(=O)CC3)C2)ccc1OC(F)F. The minimum absolute atomic E-state index is 0.0243. The topological polar surface area (TPSA) is 57.1 Å². The van der Waals surface area contributed by atoms with Crippen LogP contribution in [-0.2, 0) is 9.63 Å². The van der Waals surface area contributed by atoms with Crippen LogP contribution < -0.4 is 9.47 Å². The number of benzene rings is 1. The van der Waals surface area contributed by atoms with Gasteiger partial charge in [0.05, 0.1) is 12.8 Å². The predicted octanol–water partition coefficient (Wildman–Crippen LogP) is 3.30. The van der Waals surface area contributed by atoms with E-state index in [9.17, 15) is 13.6 Å². The molecule has 23 heavy (non-hydrogen) atoms. The van der Waals surface area contributed by atoms with E-state index in [1.807, 2.05) is 0 Å². The summed E-state index contributed by atoms with van der Waals surface area (Å²) in [6, 6.07) is 4.68. The van der Waals surface area contributed by atoms with Gasteiger partial charge >= 0.3 is 6.61 Å². The van der Waals surface area contributed by atoms with Gasteiger partial charge in [0.25, 0.3) is 0 Å². The fourth-order valence-electron chi connectivity index (χ4n) is 2.97. The molecule has 7 heteroatoms. The lowest BCUT2D eigenvalue weighted by Gasteiger charge is -2.29. The van der Waals surface area contributed by atoms with Gasteiger partial charge < -0.3 is 14.3 Å². The quantitative estimate of drug-likeness (QED) is 0.852. The Bertz CT molecular complexity index is 635. The van der Waals surface area contributed by atoms with E-state index >= 15 is 0 Å². The molecule has 1 aromatic rings. The van der Waals surface area contributed by atoms with Crippen molar-refractivity contribution in [2.24, 2.45) is 5.16 Å². The number of hydrogen-bond donors (Lipinski definition) is 0. The Morgan fingerprint density at radius 2 is 2.00 bits per heavy atom. The molecule has 0 bridgehead atoms. The van der Waals surface area contributed by atoms with Gasteiger partial charge in [-0.3, -0.25) is 4.79 Å². The fraction of sp³-hybridized carbons (Fsp3) is 0.500. The molecule has 1 heterocycles. The molecule has 124 valence electrons. The molecule has 5 nitrogen and oxygen atoms in total. The summed E-state index contributed by atoms with van der Waals surface area (Å²) in [5.74, 6) is 0.442. The van der Waals surface area contributed by atoms with Crippen LogP contribution >= 0.6 is 0 Å². The average molecular weight is 325 g/mol. The van der Waals surface area contributed by atoms with E-state index in [-0.39, 0.29) is 17.3 Å². The summed E-state index contributed by atoms with van der Waals surface area (Å²) < 4.78 is 34.2. The van der Waals surface area contributed by atoms with E-state index < -0.39 is 12.2 Å². The number of hydrogen-bond acceptors (Lipinski definition) is 5. The lowest BCUT2D eigenvalue weighted by Crippen LogP contribution is -2.34. The molecule has 1 spiro atoms. The van der Waals surface area contributed by atoms with Gasteiger partial charge in [-0.05, 0) is 31.0 Å². The zero-order valence-corrected chi connectivity index (χ0v) is 12.7. The molecule has 0 unspecified atom stereocenters. The summed E-state index contributed by atoms with van der Waals surface area (Å²) in [7, 11) is 1.39. The van der Waals surface area contributed by atoms with Gasteiger partial charge in [-0.15, -0.1) is 0 Å². The van der Waals surface area contributed by atoms with Crippen LogP contribution in [0.3, 0.4) is 0 Å². The van der Waals surface area contributed by atoms with Crippen LogP contribution in [0.4, 0.5) is 8.78 Å². The first-order valence-electron chi connectivity index (χ1n) is 7.41. The second-order valence-electron chi connectivity index (χ2n) is 5.77. The Kier molecular flexibility index (Phi) is 4.19. The molecular weight excluding hydrogens is 308 g/mol. The minimum atomic E-state index is -2.91. The lowest BCUT2D eigenvalue weighted by molar-refractivity contribution is -0.127. The summed E-state index contributed by atoms with van der Waals surface area (Å²) in [5.41, 5.74) is 1.05. The summed E-state index contributed by atoms with van der Waals surface area (Å²) in [6.45, 7) is -2.91. The third-order valence-electron chi connectivity index (χ3n) is 4.27. The van der Waals surface area contributed by atoms with Crippen molar-refractivity contribution in [2.75, 3.05) is 7.11 Å². The highest BCUT2D eigenvalue weighted by molar-refractivity contribution is 6.02. The summed E-state index contributed by atoms with van der Waals surface area (Å²) in [4.78, 5) is 17.0. The number of halogens is 2. The second-order valence-corrected chi connectivity index (χ2v) is 5.77. The predicted molar refractivity (Wildman–Crippen MR) is 78.1 cm³/mol. The molecule has 0 saturated heterocycles. The lowest BCUT2D eigenvalue weighted by atomic mass is 9.80. The molecule has 0 radical (unpaired) electrons. The van der Waals surface area contributed by atoms with Crippen molar-refractivity contribution in [1.29, 1.82) is 0 Å². The van der Waals surface area contributed by atoms with E-state index in [2.05, 4.69) is 9.89 Å².